The van der Waals surface area contributed by atoms with Gasteiger partial charge in [0.25, 0.3) is 5.91 Å². The molecule has 21 heavy (non-hydrogen) atoms. The molecule has 0 bridgehead atoms. The average molecular weight is 379 g/mol. The van der Waals surface area contributed by atoms with Crippen molar-refractivity contribution in [1.82, 2.24) is 5.32 Å². The SMILES string of the molecule is NS(=O)(=O)c1cc(C(=O)NCCC2CCC2)c(F)cc1Br. The zero-order valence-corrected chi connectivity index (χ0v) is 13.6. The van der Waals surface area contributed by atoms with Crippen LogP contribution in [0.25, 0.3) is 0 Å². The molecule has 0 aliphatic heterocycles. The van der Waals surface area contributed by atoms with Gasteiger partial charge >= 0.3 is 0 Å². The topological polar surface area (TPSA) is 89.3 Å². The molecule has 1 aromatic carbocycles. The number of primary sulfonamides is 1. The van der Waals surface area contributed by atoms with Crippen LogP contribution in [0.5, 0.6) is 0 Å². The van der Waals surface area contributed by atoms with E-state index in [2.05, 4.69) is 21.2 Å². The van der Waals surface area contributed by atoms with Crippen LogP contribution in [-0.4, -0.2) is 20.9 Å². The molecule has 0 spiro atoms. The Kier molecular flexibility index (Phi) is 5.00. The van der Waals surface area contributed by atoms with Gasteiger partial charge in [-0.05, 0) is 40.4 Å². The van der Waals surface area contributed by atoms with Crippen LogP contribution in [-0.2, 0) is 10.0 Å². The standard InChI is InChI=1S/C13H16BrFN2O3S/c14-10-7-11(15)9(6-12(10)21(16,19)20)13(18)17-5-4-8-2-1-3-8/h6-8H,1-5H2,(H,17,18)(H2,16,19,20). The smallest absolute Gasteiger partial charge is 0.254 e. The lowest BCUT2D eigenvalue weighted by Gasteiger charge is -2.25. The van der Waals surface area contributed by atoms with Crippen molar-refractivity contribution >= 4 is 31.9 Å². The summed E-state index contributed by atoms with van der Waals surface area (Å²) in [5.41, 5.74) is -0.323. The van der Waals surface area contributed by atoms with Crippen molar-refractivity contribution < 1.29 is 17.6 Å². The van der Waals surface area contributed by atoms with E-state index < -0.39 is 21.7 Å². The lowest BCUT2D eigenvalue weighted by atomic mass is 9.83. The van der Waals surface area contributed by atoms with Crippen LogP contribution >= 0.6 is 15.9 Å². The normalized spacial score (nSPS) is 15.6. The highest BCUT2D eigenvalue weighted by molar-refractivity contribution is 9.10. The van der Waals surface area contributed by atoms with E-state index in [1.54, 1.807) is 0 Å². The quantitative estimate of drug-likeness (QED) is 0.822. The molecule has 0 radical (unpaired) electrons. The van der Waals surface area contributed by atoms with Crippen LogP contribution in [0.15, 0.2) is 21.5 Å². The zero-order chi connectivity index (χ0) is 15.6. The minimum Gasteiger partial charge on any atom is -0.352 e. The van der Waals surface area contributed by atoms with Crippen molar-refractivity contribution in [2.45, 2.75) is 30.6 Å². The van der Waals surface area contributed by atoms with E-state index in [0.717, 1.165) is 31.4 Å². The molecule has 116 valence electrons. The van der Waals surface area contributed by atoms with Crippen LogP contribution in [0.1, 0.15) is 36.0 Å². The second kappa shape index (κ2) is 6.41. The molecule has 1 saturated carbocycles. The first-order chi connectivity index (χ1) is 9.79. The third kappa shape index (κ3) is 4.02. The molecule has 1 amide bonds. The molecular formula is C13H16BrFN2O3S. The molecule has 8 heteroatoms. The lowest BCUT2D eigenvalue weighted by Crippen LogP contribution is -2.28. The van der Waals surface area contributed by atoms with Gasteiger partial charge in [-0.3, -0.25) is 4.79 Å². The highest BCUT2D eigenvalue weighted by atomic mass is 79.9. The van der Waals surface area contributed by atoms with Gasteiger partial charge in [-0.15, -0.1) is 0 Å². The minimum absolute atomic E-state index is 0.00600. The Labute approximate surface area is 131 Å². The molecule has 2 rings (SSSR count). The molecule has 1 aliphatic carbocycles. The monoisotopic (exact) mass is 378 g/mol. The van der Waals surface area contributed by atoms with Crippen molar-refractivity contribution in [3.63, 3.8) is 0 Å². The summed E-state index contributed by atoms with van der Waals surface area (Å²) in [6, 6.07) is 1.88. The maximum atomic E-state index is 13.8. The number of sulfonamides is 1. The maximum Gasteiger partial charge on any atom is 0.254 e. The summed E-state index contributed by atoms with van der Waals surface area (Å²) >= 11 is 2.92. The predicted octanol–water partition coefficient (Wildman–Crippen LogP) is 2.16. The Hall–Kier alpha value is -0.990. The van der Waals surface area contributed by atoms with E-state index in [0.29, 0.717) is 12.5 Å². The number of nitrogens with one attached hydrogen (secondary N) is 1. The van der Waals surface area contributed by atoms with Crippen molar-refractivity contribution in [3.05, 3.63) is 28.0 Å². The average Bonchev–Trinajstić information content (AvgIpc) is 2.30. The fourth-order valence-electron chi connectivity index (χ4n) is 2.19. The largest absolute Gasteiger partial charge is 0.352 e. The molecule has 3 N–H and O–H groups in total. The van der Waals surface area contributed by atoms with Crippen molar-refractivity contribution in [2.75, 3.05) is 6.54 Å². The molecule has 1 fully saturated rings. The summed E-state index contributed by atoms with van der Waals surface area (Å²) in [6.45, 7) is 0.448. The van der Waals surface area contributed by atoms with Gasteiger partial charge in [0.2, 0.25) is 10.0 Å². The summed E-state index contributed by atoms with van der Waals surface area (Å²) in [5.74, 6) is -0.806. The minimum atomic E-state index is -4.03. The van der Waals surface area contributed by atoms with Crippen LogP contribution in [0.4, 0.5) is 4.39 Å². The van der Waals surface area contributed by atoms with E-state index >= 15 is 0 Å². The molecular weight excluding hydrogens is 363 g/mol. The van der Waals surface area contributed by atoms with Gasteiger partial charge in [-0.1, -0.05) is 19.3 Å². The Morgan fingerprint density at radius 2 is 2.10 bits per heavy atom. The summed E-state index contributed by atoms with van der Waals surface area (Å²) < 4.78 is 36.6. The van der Waals surface area contributed by atoms with Gasteiger partial charge in [-0.2, -0.15) is 0 Å². The number of nitrogens with two attached hydrogens (primary N) is 1. The van der Waals surface area contributed by atoms with E-state index in [4.69, 9.17) is 5.14 Å². The van der Waals surface area contributed by atoms with Gasteiger partial charge in [-0.25, -0.2) is 17.9 Å². The first-order valence-electron chi connectivity index (χ1n) is 6.59. The van der Waals surface area contributed by atoms with Gasteiger partial charge in [0, 0.05) is 11.0 Å². The van der Waals surface area contributed by atoms with Crippen molar-refractivity contribution in [3.8, 4) is 0 Å². The summed E-state index contributed by atoms with van der Waals surface area (Å²) in [7, 11) is -4.03. The molecule has 0 heterocycles. The van der Waals surface area contributed by atoms with Crippen molar-refractivity contribution in [2.24, 2.45) is 11.1 Å². The Morgan fingerprint density at radius 3 is 2.62 bits per heavy atom. The van der Waals surface area contributed by atoms with Crippen molar-refractivity contribution in [1.29, 1.82) is 0 Å². The number of hydrogen-bond acceptors (Lipinski definition) is 3. The number of carbonyl (C=O) groups is 1. The third-order valence-corrected chi connectivity index (χ3v) is 5.50. The molecule has 0 atom stereocenters. The maximum absolute atomic E-state index is 13.8. The number of halogens is 2. The van der Waals surface area contributed by atoms with Gasteiger partial charge in [0.05, 0.1) is 10.5 Å². The second-order valence-corrected chi connectivity index (χ2v) is 7.53. The predicted molar refractivity (Wildman–Crippen MR) is 79.8 cm³/mol. The Bertz CT molecular complexity index is 660. The summed E-state index contributed by atoms with van der Waals surface area (Å²) in [4.78, 5) is 11.6. The number of benzene rings is 1. The molecule has 1 aliphatic rings. The molecule has 0 saturated heterocycles. The molecule has 0 aromatic heterocycles. The fourth-order valence-corrected chi connectivity index (χ4v) is 3.79. The van der Waals surface area contributed by atoms with Gasteiger partial charge in [0.1, 0.15) is 5.82 Å². The number of hydrogen-bond donors (Lipinski definition) is 2. The van der Waals surface area contributed by atoms with E-state index in [9.17, 15) is 17.6 Å². The van der Waals surface area contributed by atoms with E-state index in [-0.39, 0.29) is 14.9 Å². The van der Waals surface area contributed by atoms with E-state index in [1.165, 1.54) is 6.42 Å². The lowest BCUT2D eigenvalue weighted by molar-refractivity contribution is 0.0944. The highest BCUT2D eigenvalue weighted by Gasteiger charge is 2.21. The Morgan fingerprint density at radius 1 is 1.43 bits per heavy atom. The second-order valence-electron chi connectivity index (χ2n) is 5.15. The molecule has 0 unspecified atom stereocenters. The van der Waals surface area contributed by atoms with E-state index in [1.807, 2.05) is 0 Å². The zero-order valence-electron chi connectivity index (χ0n) is 11.2. The molecule has 5 nitrogen and oxygen atoms in total. The van der Waals surface area contributed by atoms with Gasteiger partial charge in [0.15, 0.2) is 0 Å². The first kappa shape index (κ1) is 16.4. The van der Waals surface area contributed by atoms with Crippen LogP contribution < -0.4 is 10.5 Å². The molecule has 1 aromatic rings. The van der Waals surface area contributed by atoms with Gasteiger partial charge < -0.3 is 5.32 Å². The van der Waals surface area contributed by atoms with Crippen LogP contribution in [0, 0.1) is 11.7 Å². The summed E-state index contributed by atoms with van der Waals surface area (Å²) in [5, 5.41) is 7.64. The first-order valence-corrected chi connectivity index (χ1v) is 8.93. The number of carbonyl (C=O) groups excluding carboxylic acids is 1. The number of amides is 1. The van der Waals surface area contributed by atoms with Crippen LogP contribution in [0.3, 0.4) is 0 Å². The van der Waals surface area contributed by atoms with Crippen LogP contribution in [0.2, 0.25) is 0 Å². The third-order valence-electron chi connectivity index (χ3n) is 3.64. The highest BCUT2D eigenvalue weighted by Crippen LogP contribution is 2.29. The Balaban J connectivity index is 2.12. The number of rotatable bonds is 5. The fraction of sp³-hybridized carbons (Fsp3) is 0.462. The summed E-state index contributed by atoms with van der Waals surface area (Å²) in [6.07, 6.45) is 4.40.